The quantitative estimate of drug-likeness (QED) is 0.0628. The molecule has 10 nitrogen and oxygen atoms in total. The highest BCUT2D eigenvalue weighted by molar-refractivity contribution is 5.97. The van der Waals surface area contributed by atoms with Crippen molar-refractivity contribution >= 4 is 5.84 Å². The molecular weight excluding hydrogens is 582 g/mol. The van der Waals surface area contributed by atoms with E-state index in [1.54, 1.807) is 24.3 Å². The van der Waals surface area contributed by atoms with Crippen molar-refractivity contribution in [3.63, 3.8) is 0 Å². The molecule has 2 aliphatic rings. The highest BCUT2D eigenvalue weighted by atomic mass is 16.5. The van der Waals surface area contributed by atoms with Gasteiger partial charge in [0.1, 0.15) is 11.5 Å². The number of nitriles is 1. The second-order valence-electron chi connectivity index (χ2n) is 12.4. The topological polar surface area (TPSA) is 148 Å². The molecule has 2 aromatic rings. The standard InChI is InChI=1S/C18H29N3O3.C18H26N2O2/c19-18(20-23)16-4-6-17(7-5-16)24-14-1-3-15-8-11-21(12-9-15)10-2-13-22;19-15-17-4-6-18(7-5-17)22-14-1-3-16-8-11-20(12-9-16)10-2-13-21/h4-7,15,22-23H,1-3,8-14H2,(H2,19,20);4-7,16,21H,1-3,8-14H2. The van der Waals surface area contributed by atoms with E-state index in [2.05, 4.69) is 21.0 Å². The number of likely N-dealkylation sites (tertiary alicyclic amines) is 2. The summed E-state index contributed by atoms with van der Waals surface area (Å²) in [6.45, 7) is 8.75. The highest BCUT2D eigenvalue weighted by Crippen LogP contribution is 2.23. The van der Waals surface area contributed by atoms with Gasteiger partial charge in [-0.1, -0.05) is 5.16 Å². The zero-order chi connectivity index (χ0) is 32.8. The summed E-state index contributed by atoms with van der Waals surface area (Å²) in [5.74, 6) is 3.37. The number of rotatable bonds is 17. The molecule has 2 aliphatic heterocycles. The number of nitrogens with zero attached hydrogens (tertiary/aromatic N) is 4. The molecule has 2 fully saturated rings. The summed E-state index contributed by atoms with van der Waals surface area (Å²) in [4.78, 5) is 4.91. The molecule has 2 heterocycles. The maximum absolute atomic E-state index is 8.88. The van der Waals surface area contributed by atoms with Gasteiger partial charge in [-0.25, -0.2) is 0 Å². The molecule has 2 aromatic carbocycles. The largest absolute Gasteiger partial charge is 0.494 e. The number of benzene rings is 2. The minimum absolute atomic E-state index is 0.104. The van der Waals surface area contributed by atoms with Crippen molar-refractivity contribution in [2.24, 2.45) is 22.7 Å². The summed E-state index contributed by atoms with van der Waals surface area (Å²) in [5, 5.41) is 38.1. The maximum Gasteiger partial charge on any atom is 0.170 e. The maximum atomic E-state index is 8.88. The molecule has 0 saturated carbocycles. The van der Waals surface area contributed by atoms with Gasteiger partial charge in [0.05, 0.1) is 24.8 Å². The van der Waals surface area contributed by atoms with Crippen molar-refractivity contribution in [1.29, 1.82) is 5.26 Å². The Labute approximate surface area is 275 Å². The molecule has 254 valence electrons. The van der Waals surface area contributed by atoms with E-state index in [0.717, 1.165) is 81.8 Å². The van der Waals surface area contributed by atoms with Crippen molar-refractivity contribution in [2.45, 2.75) is 64.2 Å². The molecule has 0 unspecified atom stereocenters. The van der Waals surface area contributed by atoms with Gasteiger partial charge in [-0.3, -0.25) is 0 Å². The van der Waals surface area contributed by atoms with Gasteiger partial charge in [-0.2, -0.15) is 5.26 Å². The summed E-state index contributed by atoms with van der Waals surface area (Å²) >= 11 is 0. The van der Waals surface area contributed by atoms with E-state index in [0.29, 0.717) is 24.3 Å². The van der Waals surface area contributed by atoms with Crippen LogP contribution in [0.5, 0.6) is 11.5 Å². The lowest BCUT2D eigenvalue weighted by Gasteiger charge is -2.31. The van der Waals surface area contributed by atoms with E-state index in [1.807, 2.05) is 24.3 Å². The van der Waals surface area contributed by atoms with Gasteiger partial charge in [0, 0.05) is 31.9 Å². The summed E-state index contributed by atoms with van der Waals surface area (Å²) in [7, 11) is 0. The van der Waals surface area contributed by atoms with Gasteiger partial charge in [-0.05, 0) is 151 Å². The van der Waals surface area contributed by atoms with Crippen LogP contribution >= 0.6 is 0 Å². The lowest BCUT2D eigenvalue weighted by Crippen LogP contribution is -2.34. The number of oxime groups is 1. The Morgan fingerprint density at radius 3 is 1.57 bits per heavy atom. The summed E-state index contributed by atoms with van der Waals surface area (Å²) < 4.78 is 11.5. The van der Waals surface area contributed by atoms with Crippen LogP contribution in [-0.2, 0) is 0 Å². The number of amidine groups is 1. The third kappa shape index (κ3) is 14.4. The molecule has 0 aromatic heterocycles. The molecule has 0 aliphatic carbocycles. The first-order chi connectivity index (χ1) is 22.5. The van der Waals surface area contributed by atoms with Crippen LogP contribution in [0, 0.1) is 23.2 Å². The van der Waals surface area contributed by atoms with Crippen molar-refractivity contribution in [3.8, 4) is 17.6 Å². The number of aliphatic hydroxyl groups excluding tert-OH is 2. The molecule has 10 heteroatoms. The predicted molar refractivity (Wildman–Crippen MR) is 181 cm³/mol. The van der Waals surface area contributed by atoms with Gasteiger partial charge in [-0.15, -0.1) is 0 Å². The Kier molecular flexibility index (Phi) is 17.9. The third-order valence-electron chi connectivity index (χ3n) is 8.97. The highest BCUT2D eigenvalue weighted by Gasteiger charge is 2.19. The Hall–Kier alpha value is -3.36. The second-order valence-corrected chi connectivity index (χ2v) is 12.4. The van der Waals surface area contributed by atoms with E-state index in [1.165, 1.54) is 51.6 Å². The summed E-state index contributed by atoms with van der Waals surface area (Å²) in [6, 6.07) is 16.7. The Morgan fingerprint density at radius 2 is 1.17 bits per heavy atom. The van der Waals surface area contributed by atoms with Gasteiger partial charge in [0.25, 0.3) is 0 Å². The molecular formula is C36H55N5O5. The minimum Gasteiger partial charge on any atom is -0.494 e. The minimum atomic E-state index is 0.104. The van der Waals surface area contributed by atoms with E-state index in [4.69, 9.17) is 35.9 Å². The van der Waals surface area contributed by atoms with Crippen LogP contribution in [0.4, 0.5) is 0 Å². The van der Waals surface area contributed by atoms with Crippen molar-refractivity contribution < 1.29 is 24.9 Å². The fourth-order valence-electron chi connectivity index (χ4n) is 6.12. The lowest BCUT2D eigenvalue weighted by molar-refractivity contribution is 0.158. The van der Waals surface area contributed by atoms with Gasteiger partial charge >= 0.3 is 0 Å². The monoisotopic (exact) mass is 637 g/mol. The number of hydrogen-bond acceptors (Lipinski definition) is 9. The smallest absolute Gasteiger partial charge is 0.170 e. The van der Waals surface area contributed by atoms with Crippen LogP contribution in [0.2, 0.25) is 0 Å². The molecule has 0 spiro atoms. The molecule has 0 radical (unpaired) electrons. The number of ether oxygens (including phenoxy) is 2. The predicted octanol–water partition coefficient (Wildman–Crippen LogP) is 4.85. The van der Waals surface area contributed by atoms with E-state index < -0.39 is 0 Å². The zero-order valence-electron chi connectivity index (χ0n) is 27.4. The summed E-state index contributed by atoms with van der Waals surface area (Å²) in [6.07, 6.45) is 11.4. The Morgan fingerprint density at radius 1 is 0.739 bits per heavy atom. The SMILES string of the molecule is N#Cc1ccc(OCCCC2CCN(CCCO)CC2)cc1.N/C(=N\O)c1ccc(OCCCC2CCN(CCCO)CC2)cc1. The van der Waals surface area contributed by atoms with Crippen molar-refractivity contribution in [3.05, 3.63) is 59.7 Å². The van der Waals surface area contributed by atoms with E-state index in [-0.39, 0.29) is 12.4 Å². The van der Waals surface area contributed by atoms with Gasteiger partial charge in [0.2, 0.25) is 0 Å². The first-order valence-corrected chi connectivity index (χ1v) is 17.0. The van der Waals surface area contributed by atoms with Crippen LogP contribution < -0.4 is 15.2 Å². The Balaban J connectivity index is 0.000000251. The third-order valence-corrected chi connectivity index (χ3v) is 8.97. The summed E-state index contributed by atoms with van der Waals surface area (Å²) in [5.41, 5.74) is 6.87. The van der Waals surface area contributed by atoms with E-state index in [9.17, 15) is 0 Å². The first kappa shape index (κ1) is 37.1. The van der Waals surface area contributed by atoms with E-state index >= 15 is 0 Å². The molecule has 5 N–H and O–H groups in total. The first-order valence-electron chi connectivity index (χ1n) is 17.0. The Bertz CT molecular complexity index is 1140. The fraction of sp³-hybridized carbons (Fsp3) is 0.611. The van der Waals surface area contributed by atoms with Crippen molar-refractivity contribution in [2.75, 3.05) is 65.7 Å². The molecule has 46 heavy (non-hydrogen) atoms. The van der Waals surface area contributed by atoms with Crippen molar-refractivity contribution in [1.82, 2.24) is 9.80 Å². The molecule has 0 amide bonds. The number of hydrogen-bond donors (Lipinski definition) is 4. The molecule has 2 saturated heterocycles. The van der Waals surface area contributed by atoms with Crippen LogP contribution in [0.3, 0.4) is 0 Å². The second kappa shape index (κ2) is 22.2. The molecule has 0 atom stereocenters. The fourth-order valence-corrected chi connectivity index (χ4v) is 6.12. The average molecular weight is 638 g/mol. The van der Waals surface area contributed by atoms with Crippen LogP contribution in [0.1, 0.15) is 75.3 Å². The van der Waals surface area contributed by atoms with Crippen LogP contribution in [0.25, 0.3) is 0 Å². The number of nitrogens with two attached hydrogens (primary N) is 1. The lowest BCUT2D eigenvalue weighted by atomic mass is 9.92. The molecule has 4 rings (SSSR count). The zero-order valence-corrected chi connectivity index (χ0v) is 27.4. The van der Waals surface area contributed by atoms with Gasteiger partial charge < -0.3 is 40.4 Å². The van der Waals surface area contributed by atoms with Crippen LogP contribution in [-0.4, -0.2) is 96.8 Å². The number of piperidine rings is 2. The molecule has 0 bridgehead atoms. The van der Waals surface area contributed by atoms with Gasteiger partial charge in [0.15, 0.2) is 5.84 Å². The van der Waals surface area contributed by atoms with Crippen LogP contribution in [0.15, 0.2) is 53.7 Å². The normalized spacial score (nSPS) is 16.8. The average Bonchev–Trinajstić information content (AvgIpc) is 3.11. The number of aliphatic hydroxyl groups is 2.